The van der Waals surface area contributed by atoms with Crippen LogP contribution in [0.25, 0.3) is 0 Å². The van der Waals surface area contributed by atoms with Crippen molar-refractivity contribution in [2.45, 2.75) is 71.3 Å². The van der Waals surface area contributed by atoms with Crippen molar-refractivity contribution in [3.05, 3.63) is 11.6 Å². The van der Waals surface area contributed by atoms with Gasteiger partial charge >= 0.3 is 5.97 Å². The number of rotatable bonds is 7. The van der Waals surface area contributed by atoms with Crippen LogP contribution in [-0.2, 0) is 19.1 Å². The van der Waals surface area contributed by atoms with E-state index in [2.05, 4.69) is 5.32 Å². The van der Waals surface area contributed by atoms with Crippen LogP contribution in [0.15, 0.2) is 11.6 Å². The van der Waals surface area contributed by atoms with Crippen LogP contribution in [0.3, 0.4) is 0 Å². The molecule has 0 aromatic rings. The fourth-order valence-corrected chi connectivity index (χ4v) is 2.56. The highest BCUT2D eigenvalue weighted by Crippen LogP contribution is 2.25. The lowest BCUT2D eigenvalue weighted by atomic mass is 9.89. The van der Waals surface area contributed by atoms with Gasteiger partial charge in [0.15, 0.2) is 0 Å². The maximum absolute atomic E-state index is 11.9. The van der Waals surface area contributed by atoms with E-state index in [1.54, 1.807) is 13.0 Å². The number of nitrogens with one attached hydrogen (secondary N) is 1. The number of hydrogen-bond acceptors (Lipinski definition) is 5. The number of esters is 1. The Hall–Kier alpha value is -1.40. The van der Waals surface area contributed by atoms with Gasteiger partial charge < -0.3 is 19.9 Å². The normalized spacial score (nSPS) is 24.8. The third kappa shape index (κ3) is 5.10. The second-order valence-corrected chi connectivity index (χ2v) is 5.45. The van der Waals surface area contributed by atoms with E-state index in [-0.39, 0.29) is 25.0 Å². The first kappa shape index (κ1) is 18.6. The second-order valence-electron chi connectivity index (χ2n) is 5.45. The van der Waals surface area contributed by atoms with Gasteiger partial charge in [-0.15, -0.1) is 0 Å². The maximum Gasteiger partial charge on any atom is 0.333 e. The highest BCUT2D eigenvalue weighted by Gasteiger charge is 2.36. The molecule has 0 aliphatic heterocycles. The zero-order chi connectivity index (χ0) is 16.7. The zero-order valence-electron chi connectivity index (χ0n) is 13.8. The van der Waals surface area contributed by atoms with Crippen LogP contribution < -0.4 is 5.32 Å². The summed E-state index contributed by atoms with van der Waals surface area (Å²) in [5, 5.41) is 13.0. The van der Waals surface area contributed by atoms with Crippen LogP contribution in [-0.4, -0.2) is 47.9 Å². The first-order chi connectivity index (χ1) is 10.4. The van der Waals surface area contributed by atoms with Crippen LogP contribution in [0, 0.1) is 0 Å². The van der Waals surface area contributed by atoms with E-state index in [0.717, 1.165) is 12.8 Å². The molecule has 0 saturated carbocycles. The van der Waals surface area contributed by atoms with Crippen molar-refractivity contribution in [1.29, 1.82) is 0 Å². The van der Waals surface area contributed by atoms with E-state index in [1.165, 1.54) is 6.92 Å². The van der Waals surface area contributed by atoms with Crippen molar-refractivity contribution in [2.24, 2.45) is 0 Å². The number of carbonyl (C=O) groups excluding carboxylic acids is 2. The molecule has 0 unspecified atom stereocenters. The molecule has 1 amide bonds. The minimum Gasteiger partial charge on any atom is -0.463 e. The van der Waals surface area contributed by atoms with Gasteiger partial charge in [-0.05, 0) is 25.8 Å². The van der Waals surface area contributed by atoms with Crippen LogP contribution in [0.1, 0.15) is 47.0 Å². The topological polar surface area (TPSA) is 84.9 Å². The molecule has 1 rings (SSSR count). The first-order valence-electron chi connectivity index (χ1n) is 7.91. The molecule has 0 bridgehead atoms. The number of ether oxygens (including phenoxy) is 2. The molecule has 0 spiro atoms. The number of aliphatic hydroxyl groups excluding tert-OH is 1. The van der Waals surface area contributed by atoms with Gasteiger partial charge in [0.2, 0.25) is 5.91 Å². The highest BCUT2D eigenvalue weighted by molar-refractivity contribution is 5.89. The number of hydrogen-bond donors (Lipinski definition) is 2. The monoisotopic (exact) mass is 313 g/mol. The minimum absolute atomic E-state index is 0.00579. The molecule has 126 valence electrons. The summed E-state index contributed by atoms with van der Waals surface area (Å²) in [4.78, 5) is 23.3. The molecule has 0 aromatic carbocycles. The average Bonchev–Trinajstić information content (AvgIpc) is 2.47. The Labute approximate surface area is 131 Å². The van der Waals surface area contributed by atoms with Crippen molar-refractivity contribution in [2.75, 3.05) is 6.61 Å². The van der Waals surface area contributed by atoms with Crippen LogP contribution in [0.5, 0.6) is 0 Å². The van der Waals surface area contributed by atoms with Crippen molar-refractivity contribution >= 4 is 11.9 Å². The van der Waals surface area contributed by atoms with Crippen molar-refractivity contribution in [1.82, 2.24) is 5.32 Å². The maximum atomic E-state index is 11.9. The van der Waals surface area contributed by atoms with E-state index >= 15 is 0 Å². The lowest BCUT2D eigenvalue weighted by molar-refractivity contribution is -0.139. The Bertz CT molecular complexity index is 417. The molecule has 2 N–H and O–H groups in total. The SMILES string of the molecule is CCOC(=O)C1=C[C@@H](OC(CC)CC)[C@H](NC(C)=O)[C@H](O)C1. The van der Waals surface area contributed by atoms with E-state index in [0.29, 0.717) is 5.57 Å². The molecule has 0 radical (unpaired) electrons. The highest BCUT2D eigenvalue weighted by atomic mass is 16.5. The van der Waals surface area contributed by atoms with Gasteiger partial charge in [-0.25, -0.2) is 4.79 Å². The third-order valence-corrected chi connectivity index (χ3v) is 3.73. The summed E-state index contributed by atoms with van der Waals surface area (Å²) in [5.74, 6) is -0.684. The summed E-state index contributed by atoms with van der Waals surface area (Å²) in [5.41, 5.74) is 0.395. The molecule has 0 aromatic heterocycles. The van der Waals surface area contributed by atoms with Gasteiger partial charge in [-0.1, -0.05) is 13.8 Å². The number of carbonyl (C=O) groups is 2. The fraction of sp³-hybridized carbons (Fsp3) is 0.750. The Morgan fingerprint density at radius 2 is 2.00 bits per heavy atom. The van der Waals surface area contributed by atoms with Gasteiger partial charge in [-0.3, -0.25) is 4.79 Å². The lowest BCUT2D eigenvalue weighted by Crippen LogP contribution is -2.53. The standard InChI is InChI=1S/C16H27NO5/c1-5-12(6-2)22-14-9-11(16(20)21-7-3)8-13(19)15(14)17-10(4)18/h9,12-15,19H,5-8H2,1-4H3,(H,17,18)/t13-,14-,15-/m1/s1. The summed E-state index contributed by atoms with van der Waals surface area (Å²) >= 11 is 0. The summed E-state index contributed by atoms with van der Waals surface area (Å²) < 4.78 is 11.0. The minimum atomic E-state index is -0.882. The molecule has 0 fully saturated rings. The molecule has 6 heteroatoms. The van der Waals surface area contributed by atoms with E-state index < -0.39 is 24.2 Å². The summed E-state index contributed by atoms with van der Waals surface area (Å²) in [6.45, 7) is 7.43. The van der Waals surface area contributed by atoms with Crippen LogP contribution in [0.4, 0.5) is 0 Å². The van der Waals surface area contributed by atoms with Crippen molar-refractivity contribution in [3.8, 4) is 0 Å². The molecular formula is C16H27NO5. The third-order valence-electron chi connectivity index (χ3n) is 3.73. The van der Waals surface area contributed by atoms with Crippen LogP contribution in [0.2, 0.25) is 0 Å². The molecule has 3 atom stereocenters. The lowest BCUT2D eigenvalue weighted by Gasteiger charge is -2.35. The van der Waals surface area contributed by atoms with E-state index in [9.17, 15) is 14.7 Å². The predicted octanol–water partition coefficient (Wildman–Crippen LogP) is 1.32. The molecule has 1 aliphatic rings. The van der Waals surface area contributed by atoms with Crippen molar-refractivity contribution in [3.63, 3.8) is 0 Å². The molecule has 1 aliphatic carbocycles. The predicted molar refractivity (Wildman–Crippen MR) is 82.2 cm³/mol. The van der Waals surface area contributed by atoms with E-state index in [4.69, 9.17) is 9.47 Å². The Balaban J connectivity index is 2.98. The smallest absolute Gasteiger partial charge is 0.333 e. The number of amides is 1. The molecule has 0 heterocycles. The average molecular weight is 313 g/mol. The quantitative estimate of drug-likeness (QED) is 0.692. The molecule has 6 nitrogen and oxygen atoms in total. The van der Waals surface area contributed by atoms with Crippen molar-refractivity contribution < 1.29 is 24.2 Å². The van der Waals surface area contributed by atoms with Gasteiger partial charge in [0.1, 0.15) is 0 Å². The largest absolute Gasteiger partial charge is 0.463 e. The van der Waals surface area contributed by atoms with Gasteiger partial charge in [0.25, 0.3) is 0 Å². The van der Waals surface area contributed by atoms with Gasteiger partial charge in [0, 0.05) is 18.9 Å². The Morgan fingerprint density at radius 1 is 1.36 bits per heavy atom. The Kier molecular flexibility index (Phi) is 7.55. The summed E-state index contributed by atoms with van der Waals surface area (Å²) in [7, 11) is 0. The first-order valence-corrected chi connectivity index (χ1v) is 7.91. The van der Waals surface area contributed by atoms with Crippen LogP contribution >= 0.6 is 0 Å². The summed E-state index contributed by atoms with van der Waals surface area (Å²) in [6, 6.07) is -0.559. The second kappa shape index (κ2) is 8.90. The molecule has 0 saturated heterocycles. The van der Waals surface area contributed by atoms with Gasteiger partial charge in [-0.2, -0.15) is 0 Å². The molecular weight excluding hydrogens is 286 g/mol. The molecule has 22 heavy (non-hydrogen) atoms. The number of aliphatic hydroxyl groups is 1. The Morgan fingerprint density at radius 3 is 2.50 bits per heavy atom. The zero-order valence-corrected chi connectivity index (χ0v) is 13.8. The van der Waals surface area contributed by atoms with Gasteiger partial charge in [0.05, 0.1) is 31.0 Å². The van der Waals surface area contributed by atoms with E-state index in [1.807, 2.05) is 13.8 Å². The fourth-order valence-electron chi connectivity index (χ4n) is 2.56. The summed E-state index contributed by atoms with van der Waals surface area (Å²) in [6.07, 6.45) is 2.03.